The molecule has 0 aromatic carbocycles. The van der Waals surface area contributed by atoms with Crippen LogP contribution >= 0.6 is 0 Å². The number of unbranched alkanes of at least 4 members (excludes halogenated alkanes) is 1. The van der Waals surface area contributed by atoms with Gasteiger partial charge in [0.2, 0.25) is 0 Å². The predicted molar refractivity (Wildman–Crippen MR) is 56.6 cm³/mol. The molecule has 0 spiro atoms. The van der Waals surface area contributed by atoms with Gasteiger partial charge in [-0.3, -0.25) is 0 Å². The van der Waals surface area contributed by atoms with E-state index in [1.807, 2.05) is 13.0 Å². The van der Waals surface area contributed by atoms with Crippen molar-refractivity contribution in [3.8, 4) is 0 Å². The molecule has 1 aliphatic carbocycles. The second-order valence-electron chi connectivity index (χ2n) is 4.52. The highest BCUT2D eigenvalue weighted by Crippen LogP contribution is 2.36. The zero-order valence-electron chi connectivity index (χ0n) is 8.76. The van der Waals surface area contributed by atoms with Gasteiger partial charge in [-0.05, 0) is 44.9 Å². The van der Waals surface area contributed by atoms with E-state index in [1.165, 1.54) is 32.1 Å². The van der Waals surface area contributed by atoms with E-state index < -0.39 is 0 Å². The summed E-state index contributed by atoms with van der Waals surface area (Å²) >= 11 is 0. The average molecular weight is 182 g/mol. The van der Waals surface area contributed by atoms with Gasteiger partial charge in [0.1, 0.15) is 0 Å². The zero-order chi connectivity index (χ0) is 9.73. The van der Waals surface area contributed by atoms with E-state index in [9.17, 15) is 5.11 Å². The maximum atomic E-state index is 10.1. The Balaban J connectivity index is 2.32. The molecule has 1 aliphatic rings. The maximum Gasteiger partial charge on any atom is 0.0647 e. The number of allylic oxidation sites excluding steroid dienone is 1. The molecule has 0 radical (unpaired) electrons. The van der Waals surface area contributed by atoms with E-state index in [4.69, 9.17) is 0 Å². The van der Waals surface area contributed by atoms with Crippen LogP contribution < -0.4 is 0 Å². The smallest absolute Gasteiger partial charge is 0.0647 e. The molecular weight excluding hydrogens is 160 g/mol. The summed E-state index contributed by atoms with van der Waals surface area (Å²) in [5.41, 5.74) is -0.389. The molecule has 0 amide bonds. The standard InChI is InChI=1S/C12H22O/c1-3-4-5-8-11-9-6-7-10-12(11,2)13/h3,11,13H,1,4-10H2,2H3/t11-,12-/m1/s1. The Morgan fingerprint density at radius 3 is 2.92 bits per heavy atom. The van der Waals surface area contributed by atoms with Crippen molar-refractivity contribution in [3.05, 3.63) is 12.7 Å². The van der Waals surface area contributed by atoms with Crippen molar-refractivity contribution < 1.29 is 5.11 Å². The fourth-order valence-corrected chi connectivity index (χ4v) is 2.35. The molecule has 0 saturated heterocycles. The van der Waals surface area contributed by atoms with E-state index in [0.29, 0.717) is 5.92 Å². The summed E-state index contributed by atoms with van der Waals surface area (Å²) in [4.78, 5) is 0. The summed E-state index contributed by atoms with van der Waals surface area (Å²) in [6, 6.07) is 0. The predicted octanol–water partition coefficient (Wildman–Crippen LogP) is 3.28. The highest BCUT2D eigenvalue weighted by molar-refractivity contribution is 4.86. The van der Waals surface area contributed by atoms with Crippen molar-refractivity contribution in [2.24, 2.45) is 5.92 Å². The molecule has 0 aliphatic heterocycles. The first-order valence-corrected chi connectivity index (χ1v) is 5.50. The molecule has 1 nitrogen and oxygen atoms in total. The molecule has 1 heteroatoms. The van der Waals surface area contributed by atoms with Crippen molar-refractivity contribution in [3.63, 3.8) is 0 Å². The second-order valence-corrected chi connectivity index (χ2v) is 4.52. The summed E-state index contributed by atoms with van der Waals surface area (Å²) in [6.07, 6.45) is 10.1. The van der Waals surface area contributed by atoms with Gasteiger partial charge in [0.05, 0.1) is 5.60 Å². The zero-order valence-corrected chi connectivity index (χ0v) is 8.76. The van der Waals surface area contributed by atoms with Crippen molar-refractivity contribution in [2.45, 2.75) is 57.5 Å². The number of hydrogen-bond donors (Lipinski definition) is 1. The molecule has 1 saturated carbocycles. The van der Waals surface area contributed by atoms with Gasteiger partial charge in [-0.25, -0.2) is 0 Å². The highest BCUT2D eigenvalue weighted by Gasteiger charge is 2.33. The number of aliphatic hydroxyl groups is 1. The van der Waals surface area contributed by atoms with Gasteiger partial charge in [0.15, 0.2) is 0 Å². The van der Waals surface area contributed by atoms with Gasteiger partial charge in [-0.15, -0.1) is 6.58 Å². The molecule has 2 atom stereocenters. The molecule has 1 rings (SSSR count). The molecule has 0 aromatic heterocycles. The summed E-state index contributed by atoms with van der Waals surface area (Å²) in [5, 5.41) is 10.1. The Labute approximate surface area is 81.9 Å². The first kappa shape index (κ1) is 10.8. The van der Waals surface area contributed by atoms with Gasteiger partial charge in [-0.2, -0.15) is 0 Å². The summed E-state index contributed by atoms with van der Waals surface area (Å²) in [7, 11) is 0. The Bertz CT molecular complexity index is 161. The van der Waals surface area contributed by atoms with E-state index in [2.05, 4.69) is 6.58 Å². The van der Waals surface area contributed by atoms with Crippen LogP contribution in [0, 0.1) is 5.92 Å². The summed E-state index contributed by atoms with van der Waals surface area (Å²) in [5.74, 6) is 0.529. The van der Waals surface area contributed by atoms with Gasteiger partial charge in [-0.1, -0.05) is 18.9 Å². The third-order valence-electron chi connectivity index (χ3n) is 3.33. The lowest BCUT2D eigenvalue weighted by Gasteiger charge is -2.37. The monoisotopic (exact) mass is 182 g/mol. The minimum atomic E-state index is -0.389. The van der Waals surface area contributed by atoms with Crippen molar-refractivity contribution in [2.75, 3.05) is 0 Å². The fourth-order valence-electron chi connectivity index (χ4n) is 2.35. The summed E-state index contributed by atoms with van der Waals surface area (Å²) in [6.45, 7) is 5.72. The molecule has 0 aromatic rings. The van der Waals surface area contributed by atoms with Crippen LogP contribution in [-0.2, 0) is 0 Å². The second kappa shape index (κ2) is 4.80. The first-order valence-electron chi connectivity index (χ1n) is 5.50. The lowest BCUT2D eigenvalue weighted by atomic mass is 9.74. The number of hydrogen-bond acceptors (Lipinski definition) is 1. The van der Waals surface area contributed by atoms with Crippen molar-refractivity contribution in [1.82, 2.24) is 0 Å². The molecular formula is C12H22O. The Morgan fingerprint density at radius 2 is 2.31 bits per heavy atom. The lowest BCUT2D eigenvalue weighted by molar-refractivity contribution is -0.0354. The summed E-state index contributed by atoms with van der Waals surface area (Å²) < 4.78 is 0. The van der Waals surface area contributed by atoms with Gasteiger partial charge in [0, 0.05) is 0 Å². The average Bonchev–Trinajstić information content (AvgIpc) is 2.08. The lowest BCUT2D eigenvalue weighted by Crippen LogP contribution is -2.37. The normalized spacial score (nSPS) is 34.5. The Morgan fingerprint density at radius 1 is 1.54 bits per heavy atom. The van der Waals surface area contributed by atoms with Crippen LogP contribution in [0.4, 0.5) is 0 Å². The quantitative estimate of drug-likeness (QED) is 0.522. The van der Waals surface area contributed by atoms with Crippen LogP contribution in [0.25, 0.3) is 0 Å². The molecule has 13 heavy (non-hydrogen) atoms. The molecule has 1 fully saturated rings. The van der Waals surface area contributed by atoms with Gasteiger partial charge >= 0.3 is 0 Å². The minimum Gasteiger partial charge on any atom is -0.390 e. The molecule has 0 bridgehead atoms. The van der Waals surface area contributed by atoms with Crippen LogP contribution in [0.5, 0.6) is 0 Å². The highest BCUT2D eigenvalue weighted by atomic mass is 16.3. The van der Waals surface area contributed by atoms with E-state index in [-0.39, 0.29) is 5.60 Å². The van der Waals surface area contributed by atoms with E-state index in [1.54, 1.807) is 0 Å². The molecule has 0 unspecified atom stereocenters. The number of rotatable bonds is 4. The minimum absolute atomic E-state index is 0.389. The van der Waals surface area contributed by atoms with Crippen LogP contribution in [0.3, 0.4) is 0 Å². The molecule has 1 N–H and O–H groups in total. The van der Waals surface area contributed by atoms with Crippen LogP contribution in [0.1, 0.15) is 51.9 Å². The maximum absolute atomic E-state index is 10.1. The van der Waals surface area contributed by atoms with Crippen LogP contribution in [0.15, 0.2) is 12.7 Å². The van der Waals surface area contributed by atoms with Gasteiger partial charge < -0.3 is 5.11 Å². The topological polar surface area (TPSA) is 20.2 Å². The fraction of sp³-hybridized carbons (Fsp3) is 0.833. The largest absolute Gasteiger partial charge is 0.390 e. The third kappa shape index (κ3) is 3.15. The van der Waals surface area contributed by atoms with Crippen molar-refractivity contribution in [1.29, 1.82) is 0 Å². The Hall–Kier alpha value is -0.300. The molecule has 0 heterocycles. The van der Waals surface area contributed by atoms with Crippen molar-refractivity contribution >= 4 is 0 Å². The van der Waals surface area contributed by atoms with Gasteiger partial charge in [0.25, 0.3) is 0 Å². The molecule has 76 valence electrons. The third-order valence-corrected chi connectivity index (χ3v) is 3.33. The van der Waals surface area contributed by atoms with Crippen LogP contribution in [-0.4, -0.2) is 10.7 Å². The van der Waals surface area contributed by atoms with E-state index >= 15 is 0 Å². The van der Waals surface area contributed by atoms with Crippen LogP contribution in [0.2, 0.25) is 0 Å². The SMILES string of the molecule is C=CCCC[C@@H]1CCCC[C@@]1(C)O. The first-order chi connectivity index (χ1) is 6.17. The Kier molecular flexibility index (Phi) is 3.98. The van der Waals surface area contributed by atoms with E-state index in [0.717, 1.165) is 12.8 Å².